The van der Waals surface area contributed by atoms with Crippen LogP contribution in [0.15, 0.2) is 133 Å². The minimum Gasteiger partial charge on any atom is -0.449 e. The van der Waals surface area contributed by atoms with Crippen LogP contribution in [0.1, 0.15) is 76.5 Å². The molecule has 1 aliphatic rings. The van der Waals surface area contributed by atoms with Gasteiger partial charge in [0.25, 0.3) is 8.32 Å². The Morgan fingerprint density at radius 3 is 1.77 bits per heavy atom. The fourth-order valence-corrected chi connectivity index (χ4v) is 12.9. The van der Waals surface area contributed by atoms with Gasteiger partial charge in [0.15, 0.2) is 0 Å². The molecule has 0 aromatic heterocycles. The van der Waals surface area contributed by atoms with E-state index in [2.05, 4.69) is 115 Å². The average molecular weight is 825 g/mol. The molecule has 0 saturated carbocycles. The zero-order valence-corrected chi connectivity index (χ0v) is 36.8. The molecule has 5 aromatic rings. The Hall–Kier alpha value is -5.55. The van der Waals surface area contributed by atoms with Crippen molar-refractivity contribution in [3.63, 3.8) is 0 Å². The van der Waals surface area contributed by atoms with Crippen molar-refractivity contribution in [3.8, 4) is 11.1 Å². The minimum absolute atomic E-state index is 0.107. The number of fused-ring (bicyclic) bond motifs is 3. The molecule has 0 radical (unpaired) electrons. The molecule has 0 bridgehead atoms. The van der Waals surface area contributed by atoms with Crippen LogP contribution >= 0.6 is 0 Å². The van der Waals surface area contributed by atoms with Gasteiger partial charge >= 0.3 is 6.09 Å². The van der Waals surface area contributed by atoms with Crippen LogP contribution in [0.5, 0.6) is 0 Å². The minimum atomic E-state index is -2.73. The van der Waals surface area contributed by atoms with Crippen molar-refractivity contribution in [2.45, 2.75) is 83.5 Å². The van der Waals surface area contributed by atoms with E-state index in [0.717, 1.165) is 40.8 Å². The second kappa shape index (κ2) is 20.1. The predicted molar refractivity (Wildman–Crippen MR) is 244 cm³/mol. The second-order valence-electron chi connectivity index (χ2n) is 17.0. The highest BCUT2D eigenvalue weighted by molar-refractivity contribution is 6.99. The molecular weight excluding hydrogens is 765 g/mol. The van der Waals surface area contributed by atoms with Crippen molar-refractivity contribution in [1.29, 1.82) is 0 Å². The molecule has 10 heteroatoms. The van der Waals surface area contributed by atoms with Crippen molar-refractivity contribution in [1.82, 2.24) is 16.0 Å². The van der Waals surface area contributed by atoms with Gasteiger partial charge in [-0.1, -0.05) is 156 Å². The van der Waals surface area contributed by atoms with Crippen LogP contribution in [-0.4, -0.2) is 58.5 Å². The summed E-state index contributed by atoms with van der Waals surface area (Å²) in [5.74, 6) is -1.14. The van der Waals surface area contributed by atoms with Crippen LogP contribution in [0.2, 0.25) is 5.04 Å². The molecule has 5 aromatic carbocycles. The average Bonchev–Trinajstić information content (AvgIpc) is 3.57. The quantitative estimate of drug-likeness (QED) is 0.0524. The van der Waals surface area contributed by atoms with Gasteiger partial charge < -0.3 is 30.4 Å². The number of amides is 3. The molecule has 6 rings (SSSR count). The molecular formula is C50H60N4O5Si. The van der Waals surface area contributed by atoms with Gasteiger partial charge in [0, 0.05) is 11.6 Å². The maximum atomic E-state index is 13.9. The number of ether oxygens (including phenoxy) is 1. The third-order valence-electron chi connectivity index (χ3n) is 11.5. The molecule has 0 spiro atoms. The lowest BCUT2D eigenvalue weighted by Crippen LogP contribution is -2.66. The number of nitrogens with one attached hydrogen (secondary N) is 4. The van der Waals surface area contributed by atoms with Gasteiger partial charge in [-0.2, -0.15) is 0 Å². The third-order valence-corrected chi connectivity index (χ3v) is 16.4. The van der Waals surface area contributed by atoms with Gasteiger partial charge in [-0.15, -0.1) is 0 Å². The molecule has 0 fully saturated rings. The summed E-state index contributed by atoms with van der Waals surface area (Å²) in [7, 11) is -0.848. The molecule has 1 aliphatic carbocycles. The molecule has 0 unspecified atom stereocenters. The normalized spacial score (nSPS) is 13.5. The standard InChI is InChI=1S/C50H60N4O5Si/c1-35(2)46(54-49(57)58-34-44-42-25-15-13-23-40(42)41-24-14-16-26-43(41)44)48(56)53-45(27-17-18-32-51-6)47(55)52-37-30-28-36(29-31-37)33-59-60(50(3,4)5,38-19-9-7-10-20-38)39-21-11-8-12-22-39/h7-16,19-26,28-31,35,44-46,51H,17-18,27,32-34H2,1-6H3,(H,52,55)(H,53,56)(H,54,57)/t45-,46-/m0/s1. The number of carbonyl (C=O) groups is 3. The molecule has 3 amide bonds. The van der Waals surface area contributed by atoms with E-state index in [4.69, 9.17) is 9.16 Å². The number of alkyl carbamates (subject to hydrolysis) is 1. The van der Waals surface area contributed by atoms with E-state index in [1.807, 2.05) is 81.6 Å². The van der Waals surface area contributed by atoms with Gasteiger partial charge in [0.2, 0.25) is 11.8 Å². The summed E-state index contributed by atoms with van der Waals surface area (Å²) in [5, 5.41) is 14.2. The van der Waals surface area contributed by atoms with Crippen LogP contribution in [0.4, 0.5) is 10.5 Å². The number of anilines is 1. The highest BCUT2D eigenvalue weighted by Gasteiger charge is 2.50. The summed E-state index contributed by atoms with van der Waals surface area (Å²) in [5.41, 5.74) is 6.08. The number of hydrogen-bond acceptors (Lipinski definition) is 6. The first-order valence-electron chi connectivity index (χ1n) is 21.1. The van der Waals surface area contributed by atoms with Crippen molar-refractivity contribution < 1.29 is 23.5 Å². The summed E-state index contributed by atoms with van der Waals surface area (Å²) in [6.07, 6.45) is 1.30. The Balaban J connectivity index is 1.10. The van der Waals surface area contributed by atoms with Crippen LogP contribution in [0.25, 0.3) is 11.1 Å². The van der Waals surface area contributed by atoms with E-state index in [0.29, 0.717) is 25.1 Å². The number of unbranched alkanes of at least 4 members (excludes halogenated alkanes) is 1. The van der Waals surface area contributed by atoms with Gasteiger partial charge in [-0.25, -0.2) is 4.79 Å². The van der Waals surface area contributed by atoms with Crippen molar-refractivity contribution in [3.05, 3.63) is 150 Å². The molecule has 4 N–H and O–H groups in total. The Labute approximate surface area is 356 Å². The summed E-state index contributed by atoms with van der Waals surface area (Å²) < 4.78 is 12.9. The first-order valence-corrected chi connectivity index (χ1v) is 23.0. The van der Waals surface area contributed by atoms with Crippen LogP contribution in [-0.2, 0) is 25.4 Å². The molecule has 60 heavy (non-hydrogen) atoms. The Morgan fingerprint density at radius 2 is 1.23 bits per heavy atom. The third kappa shape index (κ3) is 10.2. The van der Waals surface area contributed by atoms with E-state index in [-0.39, 0.29) is 29.4 Å². The summed E-state index contributed by atoms with van der Waals surface area (Å²) in [6, 6.07) is 43.3. The summed E-state index contributed by atoms with van der Waals surface area (Å²) >= 11 is 0. The molecule has 0 saturated heterocycles. The number of benzene rings is 5. The molecule has 0 aliphatic heterocycles. The Bertz CT molecular complexity index is 2110. The number of hydrogen-bond donors (Lipinski definition) is 4. The zero-order chi connectivity index (χ0) is 42.7. The number of rotatable bonds is 18. The Morgan fingerprint density at radius 1 is 0.683 bits per heavy atom. The largest absolute Gasteiger partial charge is 0.449 e. The fraction of sp³-hybridized carbons (Fsp3) is 0.340. The SMILES string of the molecule is CNCCCC[C@H](NC(=O)[C@@H](NC(=O)OCC1c2ccccc2-c2ccccc21)C(C)C)C(=O)Nc1ccc(CO[Si](c2ccccc2)(c2ccccc2)C(C)(C)C)cc1. The van der Waals surface area contributed by atoms with Crippen molar-refractivity contribution in [2.75, 3.05) is 25.5 Å². The van der Waals surface area contributed by atoms with Gasteiger partial charge in [-0.05, 0) is 94.1 Å². The first kappa shape index (κ1) is 44.0. The maximum Gasteiger partial charge on any atom is 0.407 e. The topological polar surface area (TPSA) is 118 Å². The highest BCUT2D eigenvalue weighted by Crippen LogP contribution is 2.44. The first-order chi connectivity index (χ1) is 28.9. The van der Waals surface area contributed by atoms with E-state index in [1.165, 1.54) is 10.4 Å². The van der Waals surface area contributed by atoms with Crippen LogP contribution in [0, 0.1) is 5.92 Å². The molecule has 9 nitrogen and oxygen atoms in total. The van der Waals surface area contributed by atoms with E-state index in [9.17, 15) is 14.4 Å². The fourth-order valence-electron chi connectivity index (χ4n) is 8.35. The molecule has 2 atom stereocenters. The predicted octanol–water partition coefficient (Wildman–Crippen LogP) is 8.14. The summed E-state index contributed by atoms with van der Waals surface area (Å²) in [6.45, 7) is 11.8. The smallest absolute Gasteiger partial charge is 0.407 e. The summed E-state index contributed by atoms with van der Waals surface area (Å²) in [4.78, 5) is 41.0. The van der Waals surface area contributed by atoms with E-state index < -0.39 is 32.4 Å². The Kier molecular flexibility index (Phi) is 14.8. The van der Waals surface area contributed by atoms with E-state index in [1.54, 1.807) is 0 Å². The highest BCUT2D eigenvalue weighted by atomic mass is 28.4. The monoisotopic (exact) mass is 824 g/mol. The maximum absolute atomic E-state index is 13.9. The van der Waals surface area contributed by atoms with Crippen LogP contribution in [0.3, 0.4) is 0 Å². The van der Waals surface area contributed by atoms with Crippen molar-refractivity contribution in [2.24, 2.45) is 5.92 Å². The van der Waals surface area contributed by atoms with Gasteiger partial charge in [-0.3, -0.25) is 9.59 Å². The lowest BCUT2D eigenvalue weighted by atomic mass is 9.98. The number of carbonyl (C=O) groups excluding carboxylic acids is 3. The lowest BCUT2D eigenvalue weighted by Gasteiger charge is -2.43. The molecule has 314 valence electrons. The lowest BCUT2D eigenvalue weighted by molar-refractivity contribution is -0.128. The van der Waals surface area contributed by atoms with Crippen molar-refractivity contribution >= 4 is 42.3 Å². The van der Waals surface area contributed by atoms with Gasteiger partial charge in [0.1, 0.15) is 18.7 Å². The zero-order valence-electron chi connectivity index (χ0n) is 35.8. The van der Waals surface area contributed by atoms with Crippen LogP contribution < -0.4 is 31.6 Å². The van der Waals surface area contributed by atoms with E-state index >= 15 is 0 Å². The molecule has 0 heterocycles. The second-order valence-corrected chi connectivity index (χ2v) is 21.3. The van der Waals surface area contributed by atoms with Gasteiger partial charge in [0.05, 0.1) is 6.61 Å².